The molecule has 2 atom stereocenters. The Morgan fingerprint density at radius 2 is 2.19 bits per heavy atom. The summed E-state index contributed by atoms with van der Waals surface area (Å²) < 4.78 is 16.1. The number of hydrogen-bond acceptors (Lipinski definition) is 5. The van der Waals surface area contributed by atoms with E-state index in [2.05, 4.69) is 20.3 Å². The van der Waals surface area contributed by atoms with Crippen molar-refractivity contribution < 1.29 is 14.3 Å². The number of imidazole rings is 1. The molecule has 3 aromatic rings. The van der Waals surface area contributed by atoms with Crippen molar-refractivity contribution in [2.75, 3.05) is 18.4 Å². The first kappa shape index (κ1) is 16.2. The lowest BCUT2D eigenvalue weighted by atomic mass is 10.0. The number of halogens is 1. The number of hydrogen-bond donors (Lipinski definition) is 2. The fraction of sp³-hybridized carbons (Fsp3) is 0.294. The van der Waals surface area contributed by atoms with Crippen LogP contribution in [0.5, 0.6) is 0 Å². The second-order valence-corrected chi connectivity index (χ2v) is 6.15. The van der Waals surface area contributed by atoms with E-state index in [4.69, 9.17) is 5.11 Å². The number of fused-ring (bicyclic) bond motifs is 1. The summed E-state index contributed by atoms with van der Waals surface area (Å²) in [5.74, 6) is 0.397. The second-order valence-electron chi connectivity index (χ2n) is 6.15. The molecule has 0 saturated carbocycles. The highest BCUT2D eigenvalue weighted by molar-refractivity contribution is 5.65. The van der Waals surface area contributed by atoms with Gasteiger partial charge in [-0.3, -0.25) is 9.38 Å². The van der Waals surface area contributed by atoms with Gasteiger partial charge < -0.3 is 15.3 Å². The zero-order valence-electron chi connectivity index (χ0n) is 13.8. The minimum absolute atomic E-state index is 0.0675. The van der Waals surface area contributed by atoms with E-state index in [1.165, 1.54) is 11.1 Å². The van der Waals surface area contributed by atoms with Crippen molar-refractivity contribution >= 4 is 17.6 Å². The summed E-state index contributed by atoms with van der Waals surface area (Å²) in [6.45, 7) is 0.264. The molecule has 1 aliphatic rings. The van der Waals surface area contributed by atoms with Crippen molar-refractivity contribution in [1.82, 2.24) is 24.3 Å². The van der Waals surface area contributed by atoms with Crippen LogP contribution in [0, 0.1) is 0 Å². The number of piperidine rings is 1. The highest BCUT2D eigenvalue weighted by Gasteiger charge is 2.31. The van der Waals surface area contributed by atoms with Gasteiger partial charge in [-0.2, -0.15) is 0 Å². The molecule has 0 aromatic carbocycles. The molecule has 4 heterocycles. The van der Waals surface area contributed by atoms with E-state index in [1.54, 1.807) is 12.4 Å². The number of pyridine rings is 1. The van der Waals surface area contributed by atoms with Gasteiger partial charge in [0.15, 0.2) is 0 Å². The number of aromatic nitrogens is 4. The largest absolute Gasteiger partial charge is 0.465 e. The molecule has 0 aliphatic carbocycles. The van der Waals surface area contributed by atoms with Gasteiger partial charge in [0.25, 0.3) is 0 Å². The smallest absolute Gasteiger partial charge is 0.407 e. The number of alkyl halides is 1. The van der Waals surface area contributed by atoms with E-state index in [1.807, 2.05) is 28.8 Å². The summed E-state index contributed by atoms with van der Waals surface area (Å²) >= 11 is 0. The first-order chi connectivity index (χ1) is 12.6. The summed E-state index contributed by atoms with van der Waals surface area (Å²) in [6.07, 6.45) is 4.65. The van der Waals surface area contributed by atoms with Gasteiger partial charge in [0.1, 0.15) is 23.3 Å². The molecule has 3 aromatic heterocycles. The van der Waals surface area contributed by atoms with Crippen molar-refractivity contribution in [2.45, 2.75) is 18.6 Å². The lowest BCUT2D eigenvalue weighted by Crippen LogP contribution is -2.50. The minimum atomic E-state index is -1.15. The SMILES string of the molecule is O=C(O)N1CC[C@@H](F)[C@H](Nc2cncc(-c3cnc4ccccn34)n2)C1. The standard InChI is InChI=1S/C17H17FN6O2/c18-11-4-6-23(17(25)26)10-13(11)22-15-9-19-7-12(21-15)14-8-20-16-3-1-2-5-24(14)16/h1-3,5,7-9,11,13H,4,6,10H2,(H,21,22)(H,25,26)/t11-,13-/m1/s1. The summed E-state index contributed by atoms with van der Waals surface area (Å²) in [7, 11) is 0. The first-order valence-electron chi connectivity index (χ1n) is 8.25. The summed E-state index contributed by atoms with van der Waals surface area (Å²) in [5.41, 5.74) is 2.15. The number of carboxylic acid groups (broad SMARTS) is 1. The molecule has 1 fully saturated rings. The Labute approximate surface area is 148 Å². The highest BCUT2D eigenvalue weighted by atomic mass is 19.1. The van der Waals surface area contributed by atoms with Crippen molar-refractivity contribution in [3.05, 3.63) is 43.0 Å². The van der Waals surface area contributed by atoms with Gasteiger partial charge in [-0.15, -0.1) is 0 Å². The van der Waals surface area contributed by atoms with Crippen LogP contribution < -0.4 is 5.32 Å². The van der Waals surface area contributed by atoms with Crippen LogP contribution in [0.25, 0.3) is 17.0 Å². The molecule has 2 N–H and O–H groups in total. The molecule has 1 aliphatic heterocycles. The van der Waals surface area contributed by atoms with Crippen LogP contribution in [0.2, 0.25) is 0 Å². The summed E-state index contributed by atoms with van der Waals surface area (Å²) in [6, 6.07) is 5.01. The Hall–Kier alpha value is -3.23. The molecule has 1 saturated heterocycles. The summed E-state index contributed by atoms with van der Waals surface area (Å²) in [4.78, 5) is 25.3. The Balaban J connectivity index is 1.59. The molecule has 4 rings (SSSR count). The van der Waals surface area contributed by atoms with Crippen LogP contribution in [0.15, 0.2) is 43.0 Å². The predicted octanol–water partition coefficient (Wildman–Crippen LogP) is 2.29. The topological polar surface area (TPSA) is 95.7 Å². The monoisotopic (exact) mass is 356 g/mol. The molecule has 1 amide bonds. The van der Waals surface area contributed by atoms with E-state index >= 15 is 0 Å². The van der Waals surface area contributed by atoms with Crippen molar-refractivity contribution in [3.63, 3.8) is 0 Å². The summed E-state index contributed by atoms with van der Waals surface area (Å²) in [5, 5.41) is 12.1. The van der Waals surface area contributed by atoms with Crippen LogP contribution in [-0.4, -0.2) is 60.8 Å². The number of nitrogens with one attached hydrogen (secondary N) is 1. The van der Waals surface area contributed by atoms with Crippen LogP contribution in [-0.2, 0) is 0 Å². The molecule has 0 radical (unpaired) electrons. The molecule has 9 heteroatoms. The lowest BCUT2D eigenvalue weighted by molar-refractivity contribution is 0.108. The van der Waals surface area contributed by atoms with Crippen molar-refractivity contribution in [2.24, 2.45) is 0 Å². The normalized spacial score (nSPS) is 20.3. The fourth-order valence-electron chi connectivity index (χ4n) is 3.10. The molecular formula is C17H17FN6O2. The van der Waals surface area contributed by atoms with E-state index in [0.717, 1.165) is 11.3 Å². The molecule has 0 spiro atoms. The minimum Gasteiger partial charge on any atom is -0.465 e. The number of carbonyl (C=O) groups is 1. The second kappa shape index (κ2) is 6.58. The number of anilines is 1. The molecule has 134 valence electrons. The average Bonchev–Trinajstić information content (AvgIpc) is 3.08. The maximum atomic E-state index is 14.2. The fourth-order valence-corrected chi connectivity index (χ4v) is 3.10. The van der Waals surface area contributed by atoms with Crippen LogP contribution in [0.1, 0.15) is 6.42 Å². The Kier molecular flexibility index (Phi) is 4.11. The lowest BCUT2D eigenvalue weighted by Gasteiger charge is -2.33. The maximum Gasteiger partial charge on any atom is 0.407 e. The quantitative estimate of drug-likeness (QED) is 0.748. The van der Waals surface area contributed by atoms with Gasteiger partial charge >= 0.3 is 6.09 Å². The predicted molar refractivity (Wildman–Crippen MR) is 92.7 cm³/mol. The Morgan fingerprint density at radius 1 is 1.31 bits per heavy atom. The average molecular weight is 356 g/mol. The highest BCUT2D eigenvalue weighted by Crippen LogP contribution is 2.22. The number of rotatable bonds is 3. The molecule has 0 bridgehead atoms. The number of likely N-dealkylation sites (tertiary alicyclic amines) is 1. The van der Waals surface area contributed by atoms with E-state index in [-0.39, 0.29) is 19.5 Å². The molecule has 0 unspecified atom stereocenters. The Morgan fingerprint density at radius 3 is 3.04 bits per heavy atom. The first-order valence-corrected chi connectivity index (χ1v) is 8.25. The number of amides is 1. The van der Waals surface area contributed by atoms with Gasteiger partial charge in [0.2, 0.25) is 0 Å². The Bertz CT molecular complexity index is 946. The van der Waals surface area contributed by atoms with E-state index in [0.29, 0.717) is 11.5 Å². The zero-order chi connectivity index (χ0) is 18.1. The van der Waals surface area contributed by atoms with E-state index in [9.17, 15) is 9.18 Å². The van der Waals surface area contributed by atoms with Gasteiger partial charge in [0, 0.05) is 19.3 Å². The molecule has 8 nitrogen and oxygen atoms in total. The zero-order valence-corrected chi connectivity index (χ0v) is 13.8. The van der Waals surface area contributed by atoms with Crippen molar-refractivity contribution in [3.8, 4) is 11.4 Å². The van der Waals surface area contributed by atoms with Crippen LogP contribution in [0.4, 0.5) is 15.0 Å². The van der Waals surface area contributed by atoms with Gasteiger partial charge in [-0.05, 0) is 18.6 Å². The van der Waals surface area contributed by atoms with E-state index < -0.39 is 18.3 Å². The third kappa shape index (κ3) is 3.03. The van der Waals surface area contributed by atoms with Gasteiger partial charge in [-0.1, -0.05) is 6.07 Å². The molecular weight excluding hydrogens is 339 g/mol. The third-order valence-corrected chi connectivity index (χ3v) is 4.45. The van der Waals surface area contributed by atoms with Crippen LogP contribution in [0.3, 0.4) is 0 Å². The van der Waals surface area contributed by atoms with Gasteiger partial charge in [-0.25, -0.2) is 19.2 Å². The third-order valence-electron chi connectivity index (χ3n) is 4.45. The maximum absolute atomic E-state index is 14.2. The van der Waals surface area contributed by atoms with Gasteiger partial charge in [0.05, 0.1) is 30.3 Å². The molecule has 26 heavy (non-hydrogen) atoms. The van der Waals surface area contributed by atoms with Crippen molar-refractivity contribution in [1.29, 1.82) is 0 Å². The number of nitrogens with zero attached hydrogens (tertiary/aromatic N) is 5. The van der Waals surface area contributed by atoms with Crippen LogP contribution >= 0.6 is 0 Å².